The molecule has 0 saturated carbocycles. The van der Waals surface area contributed by atoms with Gasteiger partial charge in [-0.2, -0.15) is 0 Å². The second-order valence-electron chi connectivity index (χ2n) is 3.83. The van der Waals surface area contributed by atoms with Gasteiger partial charge in [-0.1, -0.05) is 13.8 Å². The van der Waals surface area contributed by atoms with Crippen LogP contribution in [0.4, 0.5) is 5.82 Å². The van der Waals surface area contributed by atoms with Crippen LogP contribution in [0.25, 0.3) is 0 Å². The number of aromatic nitrogens is 2. The topological polar surface area (TPSA) is 93.2 Å². The van der Waals surface area contributed by atoms with Gasteiger partial charge in [0.05, 0.1) is 12.4 Å². The van der Waals surface area contributed by atoms with Crippen molar-refractivity contribution in [3.8, 4) is 5.88 Å². The van der Waals surface area contributed by atoms with Crippen molar-refractivity contribution >= 4 is 15.8 Å². The Hall–Kier alpha value is -1.41. The molecule has 0 aliphatic rings. The lowest BCUT2D eigenvalue weighted by Crippen LogP contribution is -2.29. The van der Waals surface area contributed by atoms with Crippen molar-refractivity contribution in [1.29, 1.82) is 0 Å². The molecule has 0 radical (unpaired) electrons. The first-order valence-corrected chi connectivity index (χ1v) is 7.88. The average molecular weight is 288 g/mol. The summed E-state index contributed by atoms with van der Waals surface area (Å²) in [6.45, 7) is 5.01. The molecule has 0 aliphatic carbocycles. The second-order valence-corrected chi connectivity index (χ2v) is 5.76. The summed E-state index contributed by atoms with van der Waals surface area (Å²) in [6.07, 6.45) is 2.28. The number of hydrogen-bond acceptors (Lipinski definition) is 6. The van der Waals surface area contributed by atoms with Gasteiger partial charge < -0.3 is 10.1 Å². The van der Waals surface area contributed by atoms with E-state index in [0.717, 1.165) is 6.42 Å². The molecule has 0 atom stereocenters. The highest BCUT2D eigenvalue weighted by Gasteiger charge is 2.08. The van der Waals surface area contributed by atoms with E-state index in [-0.39, 0.29) is 12.3 Å². The molecule has 2 N–H and O–H groups in total. The third-order valence-corrected chi connectivity index (χ3v) is 3.61. The number of nitrogens with one attached hydrogen (secondary N) is 2. The van der Waals surface area contributed by atoms with Gasteiger partial charge in [0, 0.05) is 19.2 Å². The average Bonchev–Trinajstić information content (AvgIpc) is 2.36. The Bertz CT molecular complexity index is 479. The zero-order valence-electron chi connectivity index (χ0n) is 11.2. The van der Waals surface area contributed by atoms with Gasteiger partial charge in [-0.05, 0) is 6.42 Å². The standard InChI is InChI=1S/C11H20N4O3S/c1-3-6-18-11-8-10(13-9-14-11)12-5-7-19(16,17)15-4-2/h8-9,15H,3-7H2,1-2H3,(H,12,13,14). The molecule has 0 unspecified atom stereocenters. The molecule has 0 aromatic carbocycles. The molecule has 0 bridgehead atoms. The Morgan fingerprint density at radius 3 is 2.79 bits per heavy atom. The van der Waals surface area contributed by atoms with E-state index < -0.39 is 10.0 Å². The zero-order chi connectivity index (χ0) is 14.1. The van der Waals surface area contributed by atoms with Crippen LogP contribution in [0.1, 0.15) is 20.3 Å². The third-order valence-electron chi connectivity index (χ3n) is 2.14. The molecule has 108 valence electrons. The maximum atomic E-state index is 11.4. The molecule has 0 fully saturated rings. The fraction of sp³-hybridized carbons (Fsp3) is 0.636. The number of anilines is 1. The van der Waals surface area contributed by atoms with E-state index >= 15 is 0 Å². The van der Waals surface area contributed by atoms with Crippen LogP contribution in [0, 0.1) is 0 Å². The van der Waals surface area contributed by atoms with Gasteiger partial charge in [0.25, 0.3) is 0 Å². The molecule has 8 heteroatoms. The largest absolute Gasteiger partial charge is 0.478 e. The molecule has 0 amide bonds. The van der Waals surface area contributed by atoms with E-state index in [1.165, 1.54) is 6.33 Å². The van der Waals surface area contributed by atoms with Crippen molar-refractivity contribution < 1.29 is 13.2 Å². The monoisotopic (exact) mass is 288 g/mol. The zero-order valence-corrected chi connectivity index (χ0v) is 12.0. The second kappa shape index (κ2) is 7.90. The molecular weight excluding hydrogens is 268 g/mol. The highest BCUT2D eigenvalue weighted by molar-refractivity contribution is 7.89. The maximum Gasteiger partial charge on any atom is 0.218 e. The van der Waals surface area contributed by atoms with E-state index in [1.54, 1.807) is 13.0 Å². The molecule has 0 saturated heterocycles. The normalized spacial score (nSPS) is 11.3. The first-order valence-electron chi connectivity index (χ1n) is 6.23. The van der Waals surface area contributed by atoms with Crippen LogP contribution in [-0.2, 0) is 10.0 Å². The molecule has 7 nitrogen and oxygen atoms in total. The minimum absolute atomic E-state index is 0.00397. The first kappa shape index (κ1) is 15.6. The minimum atomic E-state index is -3.21. The van der Waals surface area contributed by atoms with Crippen LogP contribution < -0.4 is 14.8 Å². The number of sulfonamides is 1. The molecule has 1 aromatic rings. The molecule has 1 aromatic heterocycles. The summed E-state index contributed by atoms with van der Waals surface area (Å²) in [4.78, 5) is 7.95. The number of hydrogen-bond donors (Lipinski definition) is 2. The fourth-order valence-corrected chi connectivity index (χ4v) is 2.28. The van der Waals surface area contributed by atoms with Crippen molar-refractivity contribution in [2.75, 3.05) is 30.8 Å². The van der Waals surface area contributed by atoms with Gasteiger partial charge in [0.2, 0.25) is 15.9 Å². The van der Waals surface area contributed by atoms with Crippen molar-refractivity contribution in [3.05, 3.63) is 12.4 Å². The minimum Gasteiger partial charge on any atom is -0.478 e. The van der Waals surface area contributed by atoms with Crippen LogP contribution in [0.3, 0.4) is 0 Å². The van der Waals surface area contributed by atoms with Crippen LogP contribution in [0.2, 0.25) is 0 Å². The quantitative estimate of drug-likeness (QED) is 0.692. The molecule has 1 rings (SSSR count). The Labute approximate surface area is 113 Å². The van der Waals surface area contributed by atoms with Crippen molar-refractivity contribution in [1.82, 2.24) is 14.7 Å². The van der Waals surface area contributed by atoms with Crippen molar-refractivity contribution in [2.45, 2.75) is 20.3 Å². The lowest BCUT2D eigenvalue weighted by Gasteiger charge is -2.08. The number of nitrogens with zero attached hydrogens (tertiary/aromatic N) is 2. The van der Waals surface area contributed by atoms with E-state index in [0.29, 0.717) is 24.8 Å². The lowest BCUT2D eigenvalue weighted by molar-refractivity contribution is 0.305. The van der Waals surface area contributed by atoms with Crippen molar-refractivity contribution in [2.24, 2.45) is 0 Å². The van der Waals surface area contributed by atoms with E-state index in [1.807, 2.05) is 6.92 Å². The van der Waals surface area contributed by atoms with Crippen molar-refractivity contribution in [3.63, 3.8) is 0 Å². The summed E-state index contributed by atoms with van der Waals surface area (Å²) in [7, 11) is -3.21. The van der Waals surface area contributed by atoms with E-state index in [9.17, 15) is 8.42 Å². The summed E-state index contributed by atoms with van der Waals surface area (Å²) in [6, 6.07) is 1.65. The first-order chi connectivity index (χ1) is 9.07. The Morgan fingerprint density at radius 1 is 1.32 bits per heavy atom. The molecular formula is C11H20N4O3S. The lowest BCUT2D eigenvalue weighted by atomic mass is 10.5. The Morgan fingerprint density at radius 2 is 2.11 bits per heavy atom. The molecule has 1 heterocycles. The molecule has 0 aliphatic heterocycles. The van der Waals surface area contributed by atoms with E-state index in [2.05, 4.69) is 20.0 Å². The Balaban J connectivity index is 2.45. The van der Waals surface area contributed by atoms with Crippen LogP contribution in [0.15, 0.2) is 12.4 Å². The fourth-order valence-electron chi connectivity index (χ4n) is 1.33. The molecule has 0 spiro atoms. The SMILES string of the molecule is CCCOc1cc(NCCS(=O)(=O)NCC)ncn1. The highest BCUT2D eigenvalue weighted by Crippen LogP contribution is 2.10. The van der Waals surface area contributed by atoms with E-state index in [4.69, 9.17) is 4.74 Å². The van der Waals surface area contributed by atoms with Crippen LogP contribution >= 0.6 is 0 Å². The number of ether oxygens (including phenoxy) is 1. The summed E-state index contributed by atoms with van der Waals surface area (Å²) < 4.78 is 30.6. The highest BCUT2D eigenvalue weighted by atomic mass is 32.2. The predicted octanol–water partition coefficient (Wildman–Crippen LogP) is 0.617. The van der Waals surface area contributed by atoms with Crippen LogP contribution in [-0.4, -0.2) is 43.8 Å². The van der Waals surface area contributed by atoms with Gasteiger partial charge in [0.15, 0.2) is 0 Å². The maximum absolute atomic E-state index is 11.4. The third kappa shape index (κ3) is 6.35. The van der Waals surface area contributed by atoms with Gasteiger partial charge in [0.1, 0.15) is 12.1 Å². The summed E-state index contributed by atoms with van der Waals surface area (Å²) in [5, 5.41) is 2.93. The summed E-state index contributed by atoms with van der Waals surface area (Å²) >= 11 is 0. The molecule has 19 heavy (non-hydrogen) atoms. The van der Waals surface area contributed by atoms with Gasteiger partial charge >= 0.3 is 0 Å². The van der Waals surface area contributed by atoms with Crippen LogP contribution in [0.5, 0.6) is 5.88 Å². The Kier molecular flexibility index (Phi) is 6.51. The van der Waals surface area contributed by atoms with Gasteiger partial charge in [-0.25, -0.2) is 23.1 Å². The summed E-state index contributed by atoms with van der Waals surface area (Å²) in [5.41, 5.74) is 0. The summed E-state index contributed by atoms with van der Waals surface area (Å²) in [5.74, 6) is 1.03. The number of rotatable bonds is 9. The van der Waals surface area contributed by atoms with Gasteiger partial charge in [-0.15, -0.1) is 0 Å². The van der Waals surface area contributed by atoms with Gasteiger partial charge in [-0.3, -0.25) is 0 Å². The predicted molar refractivity (Wildman–Crippen MR) is 73.8 cm³/mol. The smallest absolute Gasteiger partial charge is 0.218 e.